The fourth-order valence-corrected chi connectivity index (χ4v) is 1.09. The molecule has 0 aliphatic heterocycles. The maximum Gasteiger partial charge on any atom is 0.349 e. The van der Waals surface area contributed by atoms with Crippen LogP contribution in [0.3, 0.4) is 0 Å². The van der Waals surface area contributed by atoms with E-state index in [2.05, 4.69) is 4.74 Å². The molecule has 0 bridgehead atoms. The Kier molecular flexibility index (Phi) is 9.82. The molecule has 0 fully saturated rings. The lowest BCUT2D eigenvalue weighted by molar-refractivity contribution is -0.184. The Morgan fingerprint density at radius 3 is 1.50 bits per heavy atom. The zero-order chi connectivity index (χ0) is 12.9. The molecule has 9 nitrogen and oxygen atoms in total. The van der Waals surface area contributed by atoms with Gasteiger partial charge in [0.25, 0.3) is 0 Å². The fourth-order valence-electron chi connectivity index (χ4n) is 1.09. The van der Waals surface area contributed by atoms with Gasteiger partial charge >= 0.3 is 23.9 Å². The van der Waals surface area contributed by atoms with E-state index in [4.69, 9.17) is 15.3 Å². The van der Waals surface area contributed by atoms with Crippen molar-refractivity contribution in [3.8, 4) is 0 Å². The first-order valence-corrected chi connectivity index (χ1v) is 4.06. The van der Waals surface area contributed by atoms with Crippen LogP contribution >= 0.6 is 12.4 Å². The summed E-state index contributed by atoms with van der Waals surface area (Å²) in [6, 6.07) is 0. The Hall–Kier alpha value is -1.87. The van der Waals surface area contributed by atoms with Gasteiger partial charge in [-0.15, -0.1) is 12.4 Å². The zero-order valence-electron chi connectivity index (χ0n) is 9.41. The number of halogens is 1. The summed E-state index contributed by atoms with van der Waals surface area (Å²) >= 11 is 0. The maximum atomic E-state index is 10.8. The number of hydrogen-bond donors (Lipinski definition) is 4. The molecule has 10 heteroatoms. The van der Waals surface area contributed by atoms with Gasteiger partial charge in [-0.1, -0.05) is 0 Å². The summed E-state index contributed by atoms with van der Waals surface area (Å²) in [5.74, 6) is -6.03. The maximum absolute atomic E-state index is 10.8. The number of carbonyl (C=O) groups excluding carboxylic acids is 1. The smallest absolute Gasteiger partial charge is 0.349 e. The molecule has 0 rings (SSSR count). The SMILES string of the molecule is CC(=O)OC(CC(=O)O)(CC(=O)O)C(=O)O.Cl.N. The number of aliphatic carboxylic acids is 3. The van der Waals surface area contributed by atoms with Gasteiger partial charge in [-0.3, -0.25) is 14.4 Å². The Labute approximate surface area is 108 Å². The highest BCUT2D eigenvalue weighted by atomic mass is 35.5. The minimum Gasteiger partial charge on any atom is -0.481 e. The highest BCUT2D eigenvalue weighted by Gasteiger charge is 2.46. The van der Waals surface area contributed by atoms with Crippen LogP contribution in [0.1, 0.15) is 19.8 Å². The lowest BCUT2D eigenvalue weighted by Crippen LogP contribution is -2.46. The number of carboxylic acids is 3. The largest absolute Gasteiger partial charge is 0.481 e. The van der Waals surface area contributed by atoms with E-state index >= 15 is 0 Å². The summed E-state index contributed by atoms with van der Waals surface area (Å²) in [5, 5.41) is 25.7. The quantitative estimate of drug-likeness (QED) is 0.486. The Balaban J connectivity index is -0.00000112. The Bertz CT molecular complexity index is 301. The fraction of sp³-hybridized carbons (Fsp3) is 0.500. The van der Waals surface area contributed by atoms with Crippen molar-refractivity contribution >= 4 is 36.3 Å². The normalized spacial score (nSPS) is 9.39. The second-order valence-electron chi connectivity index (χ2n) is 3.03. The number of rotatable bonds is 6. The molecule has 0 saturated heterocycles. The van der Waals surface area contributed by atoms with Crippen LogP contribution in [-0.2, 0) is 23.9 Å². The van der Waals surface area contributed by atoms with Crippen LogP contribution < -0.4 is 6.15 Å². The van der Waals surface area contributed by atoms with Crippen molar-refractivity contribution < 1.29 is 39.2 Å². The minimum absolute atomic E-state index is 0. The number of ether oxygens (including phenoxy) is 1. The van der Waals surface area contributed by atoms with Crippen LogP contribution in [-0.4, -0.2) is 44.8 Å². The molecule has 0 spiro atoms. The van der Waals surface area contributed by atoms with Crippen molar-refractivity contribution in [2.24, 2.45) is 0 Å². The van der Waals surface area contributed by atoms with Gasteiger partial charge in [0.05, 0.1) is 12.8 Å². The van der Waals surface area contributed by atoms with E-state index in [-0.39, 0.29) is 18.6 Å². The van der Waals surface area contributed by atoms with Gasteiger partial charge in [0.15, 0.2) is 0 Å². The highest BCUT2D eigenvalue weighted by Crippen LogP contribution is 2.22. The van der Waals surface area contributed by atoms with E-state index < -0.39 is 42.3 Å². The second-order valence-corrected chi connectivity index (χ2v) is 3.03. The van der Waals surface area contributed by atoms with Crippen LogP contribution in [0.2, 0.25) is 0 Å². The first-order chi connectivity index (χ1) is 7.19. The topological polar surface area (TPSA) is 173 Å². The Morgan fingerprint density at radius 2 is 1.33 bits per heavy atom. The second kappa shape index (κ2) is 8.25. The third-order valence-corrected chi connectivity index (χ3v) is 1.60. The average Bonchev–Trinajstić information content (AvgIpc) is 1.98. The summed E-state index contributed by atoms with van der Waals surface area (Å²) in [7, 11) is 0. The van der Waals surface area contributed by atoms with Crippen molar-refractivity contribution in [2.75, 3.05) is 0 Å². The summed E-state index contributed by atoms with van der Waals surface area (Å²) < 4.78 is 4.32. The molecular weight excluding hydrogens is 274 g/mol. The molecule has 0 aliphatic rings. The van der Waals surface area contributed by atoms with E-state index in [9.17, 15) is 19.2 Å². The lowest BCUT2D eigenvalue weighted by atomic mass is 9.95. The molecule has 0 saturated carbocycles. The van der Waals surface area contributed by atoms with Crippen molar-refractivity contribution in [1.29, 1.82) is 0 Å². The van der Waals surface area contributed by atoms with Crippen LogP contribution in [0.4, 0.5) is 0 Å². The van der Waals surface area contributed by atoms with Gasteiger partial charge in [-0.05, 0) is 0 Å². The molecule has 0 atom stereocenters. The molecule has 0 aromatic carbocycles. The molecule has 6 N–H and O–H groups in total. The van der Waals surface area contributed by atoms with Gasteiger partial charge in [0.2, 0.25) is 5.60 Å². The number of hydrogen-bond acceptors (Lipinski definition) is 6. The van der Waals surface area contributed by atoms with Crippen molar-refractivity contribution in [3.63, 3.8) is 0 Å². The molecular formula is C8H14ClNO8. The van der Waals surface area contributed by atoms with Gasteiger partial charge in [-0.25, -0.2) is 4.79 Å². The van der Waals surface area contributed by atoms with Crippen molar-refractivity contribution in [3.05, 3.63) is 0 Å². The molecule has 0 aromatic rings. The first kappa shape index (κ1) is 21.4. The van der Waals surface area contributed by atoms with Gasteiger partial charge in [0.1, 0.15) is 0 Å². The molecule has 0 aliphatic carbocycles. The molecule has 106 valence electrons. The van der Waals surface area contributed by atoms with E-state index in [0.29, 0.717) is 0 Å². The molecule has 0 heterocycles. The standard InChI is InChI=1S/C8H10O8.ClH.H3N/c1-4(9)16-8(7(14)15,2-5(10)11)3-6(12)13;;/h2-3H2,1H3,(H,10,11)(H,12,13)(H,14,15);1H;1H3. The van der Waals surface area contributed by atoms with Crippen LogP contribution in [0.15, 0.2) is 0 Å². The number of carbonyl (C=O) groups is 4. The third-order valence-electron chi connectivity index (χ3n) is 1.60. The molecule has 0 aromatic heterocycles. The van der Waals surface area contributed by atoms with E-state index in [1.54, 1.807) is 0 Å². The highest BCUT2D eigenvalue weighted by molar-refractivity contribution is 5.90. The number of esters is 1. The molecule has 0 radical (unpaired) electrons. The summed E-state index contributed by atoms with van der Waals surface area (Å²) in [4.78, 5) is 42.3. The van der Waals surface area contributed by atoms with Crippen LogP contribution in [0, 0.1) is 0 Å². The Morgan fingerprint density at radius 1 is 1.00 bits per heavy atom. The summed E-state index contributed by atoms with van der Waals surface area (Å²) in [6.45, 7) is 0.862. The molecule has 0 amide bonds. The minimum atomic E-state index is -2.57. The number of carboxylic acid groups (broad SMARTS) is 3. The van der Waals surface area contributed by atoms with Gasteiger partial charge in [-0.2, -0.15) is 0 Å². The van der Waals surface area contributed by atoms with Gasteiger partial charge in [0, 0.05) is 6.92 Å². The van der Waals surface area contributed by atoms with Crippen LogP contribution in [0.5, 0.6) is 0 Å². The first-order valence-electron chi connectivity index (χ1n) is 4.06. The predicted octanol–water partition coefficient (Wildman–Crippen LogP) is -0.0939. The lowest BCUT2D eigenvalue weighted by Gasteiger charge is -2.25. The zero-order valence-corrected chi connectivity index (χ0v) is 10.2. The monoisotopic (exact) mass is 287 g/mol. The van der Waals surface area contributed by atoms with Crippen molar-refractivity contribution in [1.82, 2.24) is 6.15 Å². The van der Waals surface area contributed by atoms with E-state index in [1.165, 1.54) is 0 Å². The van der Waals surface area contributed by atoms with Crippen molar-refractivity contribution in [2.45, 2.75) is 25.4 Å². The van der Waals surface area contributed by atoms with E-state index in [0.717, 1.165) is 6.92 Å². The summed E-state index contributed by atoms with van der Waals surface area (Å²) in [5.41, 5.74) is -2.57. The van der Waals surface area contributed by atoms with E-state index in [1.807, 2.05) is 0 Å². The molecule has 0 unspecified atom stereocenters. The summed E-state index contributed by atoms with van der Waals surface area (Å²) in [6.07, 6.45) is -2.23. The van der Waals surface area contributed by atoms with Gasteiger partial charge < -0.3 is 26.2 Å². The molecule has 18 heavy (non-hydrogen) atoms. The third kappa shape index (κ3) is 6.66. The predicted molar refractivity (Wildman–Crippen MR) is 58.9 cm³/mol. The van der Waals surface area contributed by atoms with Crippen LogP contribution in [0.25, 0.3) is 0 Å². The average molecular weight is 288 g/mol.